The van der Waals surface area contributed by atoms with Gasteiger partial charge in [-0.3, -0.25) is 9.67 Å². The number of morpholine rings is 1. The number of nitrogens with zero attached hydrogens (tertiary/aromatic N) is 4. The van der Waals surface area contributed by atoms with Crippen molar-refractivity contribution in [1.82, 2.24) is 20.0 Å². The van der Waals surface area contributed by atoms with Crippen molar-refractivity contribution in [3.8, 4) is 0 Å². The summed E-state index contributed by atoms with van der Waals surface area (Å²) in [4.78, 5) is 6.76. The van der Waals surface area contributed by atoms with Gasteiger partial charge in [-0.15, -0.1) is 24.0 Å². The summed E-state index contributed by atoms with van der Waals surface area (Å²) < 4.78 is 7.73. The minimum atomic E-state index is 0. The number of nitrogens with one attached hydrogen (secondary N) is 1. The minimum Gasteiger partial charge on any atom is -0.370 e. The quantitative estimate of drug-likeness (QED) is 0.451. The molecule has 130 valence electrons. The maximum atomic E-state index is 5.90. The zero-order valence-corrected chi connectivity index (χ0v) is 16.4. The molecule has 1 unspecified atom stereocenters. The van der Waals surface area contributed by atoms with Crippen LogP contribution in [0.2, 0.25) is 0 Å². The lowest BCUT2D eigenvalue weighted by Gasteiger charge is -2.35. The molecular weight excluding hydrogens is 405 g/mol. The number of halogens is 1. The Morgan fingerprint density at radius 1 is 1.43 bits per heavy atom. The van der Waals surface area contributed by atoms with E-state index in [1.165, 1.54) is 25.7 Å². The predicted molar refractivity (Wildman–Crippen MR) is 102 cm³/mol. The van der Waals surface area contributed by atoms with Gasteiger partial charge in [0.2, 0.25) is 0 Å². The smallest absolute Gasteiger partial charge is 0.193 e. The van der Waals surface area contributed by atoms with Crippen LogP contribution < -0.4 is 5.32 Å². The summed E-state index contributed by atoms with van der Waals surface area (Å²) in [6, 6.07) is 0. The Morgan fingerprint density at radius 3 is 2.87 bits per heavy atom. The molecule has 23 heavy (non-hydrogen) atoms. The molecule has 1 atom stereocenters. The second-order valence-electron chi connectivity index (χ2n) is 6.33. The van der Waals surface area contributed by atoms with Crippen LogP contribution in [0.3, 0.4) is 0 Å². The summed E-state index contributed by atoms with van der Waals surface area (Å²) in [5.41, 5.74) is 1.14. The first-order chi connectivity index (χ1) is 10.8. The van der Waals surface area contributed by atoms with Crippen molar-refractivity contribution in [3.63, 3.8) is 0 Å². The third-order valence-electron chi connectivity index (χ3n) is 4.70. The highest BCUT2D eigenvalue weighted by molar-refractivity contribution is 14.0. The molecule has 0 bridgehead atoms. The van der Waals surface area contributed by atoms with Gasteiger partial charge in [-0.1, -0.05) is 12.8 Å². The zero-order valence-electron chi connectivity index (χ0n) is 14.1. The highest BCUT2D eigenvalue weighted by Crippen LogP contribution is 2.24. The number of hydrogen-bond donors (Lipinski definition) is 1. The van der Waals surface area contributed by atoms with E-state index in [2.05, 4.69) is 20.3 Å². The number of ether oxygens (including phenoxy) is 1. The lowest BCUT2D eigenvalue weighted by Crippen LogP contribution is -2.49. The predicted octanol–water partition coefficient (Wildman–Crippen LogP) is 2.18. The largest absolute Gasteiger partial charge is 0.370 e. The van der Waals surface area contributed by atoms with Gasteiger partial charge >= 0.3 is 0 Å². The molecule has 1 saturated heterocycles. The summed E-state index contributed by atoms with van der Waals surface area (Å²) >= 11 is 0. The van der Waals surface area contributed by atoms with Gasteiger partial charge in [0.05, 0.1) is 19.3 Å². The molecule has 2 fully saturated rings. The summed E-state index contributed by atoms with van der Waals surface area (Å²) in [5.74, 6) is 1.82. The summed E-state index contributed by atoms with van der Waals surface area (Å²) in [6.07, 6.45) is 9.47. The first-order valence-electron chi connectivity index (χ1n) is 8.32. The molecule has 6 nitrogen and oxygen atoms in total. The number of guanidine groups is 1. The fraction of sp³-hybridized carbons (Fsp3) is 0.750. The molecule has 1 aliphatic carbocycles. The third-order valence-corrected chi connectivity index (χ3v) is 4.70. The second kappa shape index (κ2) is 8.86. The summed E-state index contributed by atoms with van der Waals surface area (Å²) in [6.45, 7) is 3.49. The second-order valence-corrected chi connectivity index (χ2v) is 6.33. The maximum Gasteiger partial charge on any atom is 0.193 e. The highest BCUT2D eigenvalue weighted by atomic mass is 127. The molecule has 1 aromatic heterocycles. The number of aromatic nitrogens is 2. The molecule has 7 heteroatoms. The van der Waals surface area contributed by atoms with Crippen LogP contribution in [-0.2, 0) is 11.8 Å². The van der Waals surface area contributed by atoms with Crippen molar-refractivity contribution in [1.29, 1.82) is 0 Å². The Bertz CT molecular complexity index is 512. The van der Waals surface area contributed by atoms with E-state index in [0.717, 1.165) is 43.7 Å². The number of aryl methyl sites for hydroxylation is 1. The van der Waals surface area contributed by atoms with E-state index in [4.69, 9.17) is 4.74 Å². The Kier molecular flexibility index (Phi) is 7.13. The minimum absolute atomic E-state index is 0. The molecule has 0 amide bonds. The lowest BCUT2D eigenvalue weighted by atomic mass is 10.1. The molecule has 0 radical (unpaired) electrons. The van der Waals surface area contributed by atoms with Gasteiger partial charge in [-0.2, -0.15) is 5.10 Å². The summed E-state index contributed by atoms with van der Waals surface area (Å²) in [5, 5.41) is 7.80. The van der Waals surface area contributed by atoms with Crippen molar-refractivity contribution >= 4 is 29.9 Å². The van der Waals surface area contributed by atoms with E-state index in [1.54, 1.807) is 0 Å². The van der Waals surface area contributed by atoms with Crippen LogP contribution in [0.5, 0.6) is 0 Å². The van der Waals surface area contributed by atoms with Crippen LogP contribution in [0.1, 0.15) is 37.4 Å². The molecule has 1 N–H and O–H groups in total. The maximum absolute atomic E-state index is 5.90. The number of rotatable bonds is 3. The fourth-order valence-electron chi connectivity index (χ4n) is 3.43. The van der Waals surface area contributed by atoms with Gasteiger partial charge in [0.1, 0.15) is 6.10 Å². The van der Waals surface area contributed by atoms with Crippen LogP contribution in [0, 0.1) is 5.92 Å². The normalized spacial score (nSPS) is 23.0. The molecule has 0 aromatic carbocycles. The zero-order chi connectivity index (χ0) is 15.4. The van der Waals surface area contributed by atoms with Crippen molar-refractivity contribution in [2.24, 2.45) is 18.0 Å². The van der Waals surface area contributed by atoms with Crippen LogP contribution in [0.25, 0.3) is 0 Å². The van der Waals surface area contributed by atoms with Crippen LogP contribution in [-0.4, -0.2) is 53.9 Å². The average Bonchev–Trinajstić information content (AvgIpc) is 3.20. The Hall–Kier alpha value is -0.830. The molecule has 2 aliphatic rings. The van der Waals surface area contributed by atoms with Crippen molar-refractivity contribution in [2.75, 3.05) is 33.3 Å². The fourth-order valence-corrected chi connectivity index (χ4v) is 3.43. The van der Waals surface area contributed by atoms with E-state index < -0.39 is 0 Å². The van der Waals surface area contributed by atoms with Crippen molar-refractivity contribution in [3.05, 3.63) is 18.0 Å². The van der Waals surface area contributed by atoms with Gasteiger partial charge in [0, 0.05) is 38.9 Å². The first-order valence-corrected chi connectivity index (χ1v) is 8.32. The number of aliphatic imine (C=N–C) groups is 1. The molecule has 1 saturated carbocycles. The summed E-state index contributed by atoms with van der Waals surface area (Å²) in [7, 11) is 3.80. The molecule has 1 aromatic rings. The van der Waals surface area contributed by atoms with Crippen molar-refractivity contribution in [2.45, 2.75) is 31.8 Å². The van der Waals surface area contributed by atoms with Crippen molar-refractivity contribution < 1.29 is 4.74 Å². The Labute approximate surface area is 155 Å². The van der Waals surface area contributed by atoms with Crippen LogP contribution >= 0.6 is 24.0 Å². The van der Waals surface area contributed by atoms with Gasteiger partial charge in [-0.05, 0) is 18.8 Å². The molecule has 1 aliphatic heterocycles. The molecule has 0 spiro atoms. The molecular formula is C16H28IN5O. The van der Waals surface area contributed by atoms with Crippen LogP contribution in [0.4, 0.5) is 0 Å². The van der Waals surface area contributed by atoms with Gasteiger partial charge in [-0.25, -0.2) is 0 Å². The van der Waals surface area contributed by atoms with E-state index >= 15 is 0 Å². The molecule has 2 heterocycles. The average molecular weight is 433 g/mol. The first kappa shape index (κ1) is 18.5. The third kappa shape index (κ3) is 4.82. The van der Waals surface area contributed by atoms with E-state index in [9.17, 15) is 0 Å². The highest BCUT2D eigenvalue weighted by Gasteiger charge is 2.25. The topological polar surface area (TPSA) is 54.7 Å². The monoisotopic (exact) mass is 433 g/mol. The standard InChI is InChI=1S/C16H27N5O.HI/c1-17-16(18-9-13-5-3-4-6-13)21-7-8-22-15(12-21)14-10-19-20(2)11-14;/h10-11,13,15H,3-9,12H2,1-2H3,(H,17,18);1H. The SMILES string of the molecule is CN=C(NCC1CCCC1)N1CCOC(c2cnn(C)c2)C1.I. The molecule has 3 rings (SSSR count). The van der Waals surface area contributed by atoms with Crippen LogP contribution in [0.15, 0.2) is 17.4 Å². The Balaban J connectivity index is 0.00000192. The Morgan fingerprint density at radius 2 is 2.22 bits per heavy atom. The van der Waals surface area contributed by atoms with Gasteiger partial charge in [0.25, 0.3) is 0 Å². The van der Waals surface area contributed by atoms with Gasteiger partial charge < -0.3 is 15.0 Å². The lowest BCUT2D eigenvalue weighted by molar-refractivity contribution is -0.00807. The number of hydrogen-bond acceptors (Lipinski definition) is 3. The van der Waals surface area contributed by atoms with E-state index in [-0.39, 0.29) is 30.1 Å². The van der Waals surface area contributed by atoms with E-state index in [0.29, 0.717) is 0 Å². The van der Waals surface area contributed by atoms with E-state index in [1.807, 2.05) is 31.2 Å². The van der Waals surface area contributed by atoms with Gasteiger partial charge in [0.15, 0.2) is 5.96 Å².